The molecule has 0 radical (unpaired) electrons. The Hall–Kier alpha value is -3.20. The summed E-state index contributed by atoms with van der Waals surface area (Å²) in [5, 5.41) is 3.01. The van der Waals surface area contributed by atoms with Crippen molar-refractivity contribution in [2.45, 2.75) is 58.8 Å². The number of nitrogens with one attached hydrogen (secondary N) is 2. The molecule has 1 aliphatic heterocycles. The minimum atomic E-state index is -1.31. The highest BCUT2D eigenvalue weighted by molar-refractivity contribution is 7.83. The third-order valence-electron chi connectivity index (χ3n) is 8.00. The summed E-state index contributed by atoms with van der Waals surface area (Å²) in [5.41, 5.74) is 3.59. The van der Waals surface area contributed by atoms with E-state index < -0.39 is 11.0 Å². The second-order valence-electron chi connectivity index (χ2n) is 11.8. The van der Waals surface area contributed by atoms with Gasteiger partial charge in [-0.1, -0.05) is 39.8 Å². The maximum absolute atomic E-state index is 13.2. The van der Waals surface area contributed by atoms with Crippen molar-refractivity contribution in [1.29, 1.82) is 0 Å². The molecule has 2 N–H and O–H groups in total. The fourth-order valence-corrected chi connectivity index (χ4v) is 5.94. The maximum atomic E-state index is 13.2. The van der Waals surface area contributed by atoms with Crippen molar-refractivity contribution >= 4 is 40.1 Å². The van der Waals surface area contributed by atoms with Crippen LogP contribution in [0.4, 0.5) is 11.4 Å². The lowest BCUT2D eigenvalue weighted by molar-refractivity contribution is -0.138. The van der Waals surface area contributed by atoms with E-state index in [-0.39, 0.29) is 35.0 Å². The molecule has 1 saturated carbocycles. The molecule has 0 aromatic heterocycles. The molecule has 3 amide bonds. The number of carbonyl (C=O) groups is 3. The molecule has 2 aromatic carbocycles. The number of rotatable bonds is 7. The Labute approximate surface area is 240 Å². The van der Waals surface area contributed by atoms with Crippen molar-refractivity contribution in [2.24, 2.45) is 11.8 Å². The Bertz CT molecular complexity index is 1220. The number of nitrogens with zero attached hydrogens (tertiary/aromatic N) is 2. The molecular formula is C31H42N4O4S. The fraction of sp³-hybridized carbons (Fsp3) is 0.516. The molecule has 2 aliphatic rings. The van der Waals surface area contributed by atoms with Crippen LogP contribution in [0.1, 0.15) is 69.3 Å². The van der Waals surface area contributed by atoms with Crippen molar-refractivity contribution in [2.75, 3.05) is 42.1 Å². The first kappa shape index (κ1) is 29.8. The minimum absolute atomic E-state index is 0.00610. The van der Waals surface area contributed by atoms with Crippen LogP contribution in [0.5, 0.6) is 0 Å². The van der Waals surface area contributed by atoms with E-state index in [1.54, 1.807) is 6.92 Å². The van der Waals surface area contributed by atoms with Crippen LogP contribution < -0.4 is 14.9 Å². The summed E-state index contributed by atoms with van der Waals surface area (Å²) in [6.45, 7) is 11.0. The summed E-state index contributed by atoms with van der Waals surface area (Å²) >= 11 is 0. The molecule has 1 atom stereocenters. The van der Waals surface area contributed by atoms with Gasteiger partial charge in [-0.2, -0.15) is 0 Å². The van der Waals surface area contributed by atoms with Crippen LogP contribution in [0.25, 0.3) is 0 Å². The topological polar surface area (TPSA) is 98.8 Å². The second kappa shape index (κ2) is 13.0. The predicted octanol–water partition coefficient (Wildman–Crippen LogP) is 4.49. The van der Waals surface area contributed by atoms with Crippen LogP contribution in [0, 0.1) is 11.8 Å². The van der Waals surface area contributed by atoms with Crippen LogP contribution in [0.3, 0.4) is 0 Å². The lowest BCUT2D eigenvalue weighted by atomic mass is 9.81. The van der Waals surface area contributed by atoms with E-state index in [2.05, 4.69) is 41.8 Å². The first-order valence-corrected chi connectivity index (χ1v) is 15.6. The molecule has 1 unspecified atom stereocenters. The van der Waals surface area contributed by atoms with Crippen molar-refractivity contribution < 1.29 is 18.6 Å². The van der Waals surface area contributed by atoms with E-state index >= 15 is 0 Å². The highest BCUT2D eigenvalue weighted by Crippen LogP contribution is 2.31. The zero-order chi connectivity index (χ0) is 28.9. The van der Waals surface area contributed by atoms with Gasteiger partial charge >= 0.3 is 0 Å². The third kappa shape index (κ3) is 7.50. The predicted molar refractivity (Wildman–Crippen MR) is 161 cm³/mol. The second-order valence-corrected chi connectivity index (χ2v) is 13.3. The number of hydrogen-bond donors (Lipinski definition) is 2. The molecule has 8 nitrogen and oxygen atoms in total. The van der Waals surface area contributed by atoms with E-state index in [9.17, 15) is 18.6 Å². The minimum Gasteiger partial charge on any atom is -0.368 e. The highest BCUT2D eigenvalue weighted by Gasteiger charge is 2.33. The summed E-state index contributed by atoms with van der Waals surface area (Å²) in [7, 11) is -1.31. The van der Waals surface area contributed by atoms with E-state index in [0.717, 1.165) is 24.5 Å². The Kier molecular flexibility index (Phi) is 9.66. The van der Waals surface area contributed by atoms with Crippen LogP contribution in [0.2, 0.25) is 0 Å². The third-order valence-corrected chi connectivity index (χ3v) is 8.95. The van der Waals surface area contributed by atoms with Gasteiger partial charge < -0.3 is 15.1 Å². The summed E-state index contributed by atoms with van der Waals surface area (Å²) < 4.78 is 14.2. The number of carbonyl (C=O) groups excluding carboxylic acids is 3. The van der Waals surface area contributed by atoms with Gasteiger partial charge in [0.2, 0.25) is 11.8 Å². The smallest absolute Gasteiger partial charge is 0.255 e. The summed E-state index contributed by atoms with van der Waals surface area (Å²) in [6.07, 6.45) is 2.70. The summed E-state index contributed by atoms with van der Waals surface area (Å²) in [4.78, 5) is 42.5. The molecule has 1 heterocycles. The molecule has 0 bridgehead atoms. The van der Waals surface area contributed by atoms with Gasteiger partial charge in [0.25, 0.3) is 5.91 Å². The van der Waals surface area contributed by atoms with E-state index in [0.29, 0.717) is 50.1 Å². The number of benzene rings is 2. The molecule has 1 saturated heterocycles. The van der Waals surface area contributed by atoms with Crippen LogP contribution in [-0.4, -0.2) is 58.8 Å². The van der Waals surface area contributed by atoms with E-state index in [1.165, 1.54) is 5.56 Å². The fourth-order valence-electron chi connectivity index (χ4n) is 5.40. The van der Waals surface area contributed by atoms with Crippen LogP contribution >= 0.6 is 0 Å². The van der Waals surface area contributed by atoms with Gasteiger partial charge in [0.15, 0.2) is 0 Å². The molecule has 2 fully saturated rings. The van der Waals surface area contributed by atoms with E-state index in [1.807, 2.05) is 47.4 Å². The van der Waals surface area contributed by atoms with Crippen molar-refractivity contribution in [1.82, 2.24) is 9.62 Å². The van der Waals surface area contributed by atoms with Gasteiger partial charge in [0.05, 0.1) is 0 Å². The average molecular weight is 567 g/mol. The molecule has 0 spiro atoms. The summed E-state index contributed by atoms with van der Waals surface area (Å²) in [5.74, 6) is 0.0805. The number of hydrogen-bond acceptors (Lipinski definition) is 5. The number of piperazine rings is 1. The van der Waals surface area contributed by atoms with Gasteiger partial charge in [-0.05, 0) is 73.1 Å². The molecule has 40 heavy (non-hydrogen) atoms. The van der Waals surface area contributed by atoms with Gasteiger partial charge in [0, 0.05) is 60.7 Å². The summed E-state index contributed by atoms with van der Waals surface area (Å²) in [6, 6.07) is 15.6. The SMILES string of the molecule is CCS(=O)NC(=O)C1CCC(C(=O)N2CCN(c3ccc(C(=O)Nc4cccc(C(C)(C)C)c4)cc3)CC2)CC1. The standard InChI is InChI=1S/C31H42N4O4S/c1-5-40(39)33-29(37)23-9-11-24(12-10-23)30(38)35-19-17-34(18-20-35)27-15-13-22(14-16-27)28(36)32-26-8-6-7-25(21-26)31(2,3)4/h6-8,13-16,21,23-24H,5,9-12,17-20H2,1-4H3,(H,32,36)(H,33,37). The number of amides is 3. The van der Waals surface area contributed by atoms with Gasteiger partial charge in [0.1, 0.15) is 11.0 Å². The van der Waals surface area contributed by atoms with E-state index in [4.69, 9.17) is 0 Å². The Morgan fingerprint density at radius 3 is 2.12 bits per heavy atom. The lowest BCUT2D eigenvalue weighted by Gasteiger charge is -2.38. The quantitative estimate of drug-likeness (QED) is 0.515. The zero-order valence-electron chi connectivity index (χ0n) is 24.1. The normalized spacial score (nSPS) is 20.5. The van der Waals surface area contributed by atoms with Gasteiger partial charge in [-0.15, -0.1) is 0 Å². The first-order chi connectivity index (χ1) is 19.0. The Morgan fingerprint density at radius 1 is 0.900 bits per heavy atom. The monoisotopic (exact) mass is 566 g/mol. The molecule has 4 rings (SSSR count). The van der Waals surface area contributed by atoms with Crippen LogP contribution in [-0.2, 0) is 26.0 Å². The molecular weight excluding hydrogens is 524 g/mol. The Balaban J connectivity index is 1.25. The average Bonchev–Trinajstić information content (AvgIpc) is 2.96. The molecule has 1 aliphatic carbocycles. The zero-order valence-corrected chi connectivity index (χ0v) is 24.9. The number of anilines is 2. The van der Waals surface area contributed by atoms with Crippen molar-refractivity contribution in [3.63, 3.8) is 0 Å². The maximum Gasteiger partial charge on any atom is 0.255 e. The van der Waals surface area contributed by atoms with Gasteiger partial charge in [-0.3, -0.25) is 19.1 Å². The lowest BCUT2D eigenvalue weighted by Crippen LogP contribution is -2.51. The van der Waals surface area contributed by atoms with Crippen molar-refractivity contribution in [3.8, 4) is 0 Å². The van der Waals surface area contributed by atoms with Crippen LogP contribution in [0.15, 0.2) is 48.5 Å². The molecule has 9 heteroatoms. The first-order valence-electron chi connectivity index (χ1n) is 14.3. The Morgan fingerprint density at radius 2 is 1.52 bits per heavy atom. The van der Waals surface area contributed by atoms with Crippen molar-refractivity contribution in [3.05, 3.63) is 59.7 Å². The largest absolute Gasteiger partial charge is 0.368 e. The highest BCUT2D eigenvalue weighted by atomic mass is 32.2. The molecule has 216 valence electrons. The van der Waals surface area contributed by atoms with Gasteiger partial charge in [-0.25, -0.2) is 4.21 Å². The molecule has 2 aromatic rings.